The van der Waals surface area contributed by atoms with Crippen molar-refractivity contribution in [2.24, 2.45) is 16.6 Å². The van der Waals surface area contributed by atoms with E-state index in [-0.39, 0.29) is 0 Å². The van der Waals surface area contributed by atoms with E-state index in [0.717, 1.165) is 37.2 Å². The number of nitrogens with two attached hydrogens (primary N) is 1. The molecule has 1 heterocycles. The second-order valence-electron chi connectivity index (χ2n) is 6.98. The monoisotopic (exact) mass is 352 g/mol. The molecule has 1 aliphatic rings. The molecule has 0 aromatic heterocycles. The summed E-state index contributed by atoms with van der Waals surface area (Å²) in [6.07, 6.45) is 2.12. The summed E-state index contributed by atoms with van der Waals surface area (Å²) in [5.74, 6) is 0.884. The molecule has 1 saturated heterocycles. The predicted octanol–water partition coefficient (Wildman–Crippen LogP) is 3.13. The van der Waals surface area contributed by atoms with E-state index in [1.165, 1.54) is 11.3 Å². The fourth-order valence-corrected chi connectivity index (χ4v) is 3.27. The lowest BCUT2D eigenvalue weighted by Gasteiger charge is -2.32. The van der Waals surface area contributed by atoms with Crippen LogP contribution in [0.2, 0.25) is 0 Å². The molecule has 1 aliphatic heterocycles. The number of aliphatic hydroxyl groups excluding tert-OH is 1. The summed E-state index contributed by atoms with van der Waals surface area (Å²) in [6.45, 7) is 4.93. The zero-order valence-corrected chi connectivity index (χ0v) is 15.4. The van der Waals surface area contributed by atoms with Crippen molar-refractivity contribution in [3.05, 3.63) is 59.7 Å². The first-order valence-corrected chi connectivity index (χ1v) is 9.22. The summed E-state index contributed by atoms with van der Waals surface area (Å²) >= 11 is 0. The van der Waals surface area contributed by atoms with Crippen molar-refractivity contribution in [2.45, 2.75) is 26.3 Å². The van der Waals surface area contributed by atoms with Crippen molar-refractivity contribution in [3.8, 4) is 0 Å². The number of aliphatic hydroxyl groups is 1. The number of guanidine groups is 1. The van der Waals surface area contributed by atoms with Gasteiger partial charge in [0, 0.05) is 31.1 Å². The zero-order chi connectivity index (χ0) is 18.4. The summed E-state index contributed by atoms with van der Waals surface area (Å²) in [4.78, 5) is 6.81. The van der Waals surface area contributed by atoms with Gasteiger partial charge in [-0.3, -0.25) is 0 Å². The summed E-state index contributed by atoms with van der Waals surface area (Å²) < 4.78 is 0. The Labute approximate surface area is 155 Å². The fourth-order valence-electron chi connectivity index (χ4n) is 3.27. The molecule has 0 spiro atoms. The van der Waals surface area contributed by atoms with Crippen LogP contribution in [0.4, 0.5) is 11.4 Å². The molecule has 0 aliphatic carbocycles. The quantitative estimate of drug-likeness (QED) is 0.571. The normalized spacial score (nSPS) is 15.9. The van der Waals surface area contributed by atoms with Gasteiger partial charge in [0.1, 0.15) is 0 Å². The largest absolute Gasteiger partial charge is 0.396 e. The number of aliphatic imine (C=N–C) groups is 1. The third-order valence-corrected chi connectivity index (χ3v) is 4.90. The molecule has 4 N–H and O–H groups in total. The van der Waals surface area contributed by atoms with Crippen LogP contribution in [0.15, 0.2) is 53.5 Å². The van der Waals surface area contributed by atoms with Crippen molar-refractivity contribution in [2.75, 3.05) is 29.9 Å². The van der Waals surface area contributed by atoms with E-state index >= 15 is 0 Å². The summed E-state index contributed by atoms with van der Waals surface area (Å²) in [5.41, 5.74) is 10.5. The molecule has 3 rings (SSSR count). The van der Waals surface area contributed by atoms with Gasteiger partial charge in [-0.25, -0.2) is 4.99 Å². The van der Waals surface area contributed by atoms with E-state index in [1.807, 2.05) is 31.2 Å². The van der Waals surface area contributed by atoms with E-state index in [2.05, 4.69) is 39.5 Å². The summed E-state index contributed by atoms with van der Waals surface area (Å²) in [7, 11) is 0. The highest BCUT2D eigenvalue weighted by Crippen LogP contribution is 2.23. The molecule has 2 aromatic carbocycles. The van der Waals surface area contributed by atoms with Gasteiger partial charge in [-0.05, 0) is 61.1 Å². The van der Waals surface area contributed by atoms with Crippen molar-refractivity contribution in [3.63, 3.8) is 0 Å². The lowest BCUT2D eigenvalue weighted by Crippen LogP contribution is -2.34. The van der Waals surface area contributed by atoms with Crippen LogP contribution in [0.1, 0.15) is 24.0 Å². The highest BCUT2D eigenvalue weighted by molar-refractivity contribution is 5.92. The molecule has 0 radical (unpaired) electrons. The highest BCUT2D eigenvalue weighted by atomic mass is 16.3. The van der Waals surface area contributed by atoms with Crippen LogP contribution >= 0.6 is 0 Å². The molecule has 5 nitrogen and oxygen atoms in total. The SMILES string of the molecule is Cc1cccc(NC(N)=NCc2ccc(N3CCC(CO)CC3)cc2)c1. The number of rotatable bonds is 5. The lowest BCUT2D eigenvalue weighted by atomic mass is 9.97. The molecule has 0 atom stereocenters. The zero-order valence-electron chi connectivity index (χ0n) is 15.4. The smallest absolute Gasteiger partial charge is 0.193 e. The Balaban J connectivity index is 1.54. The second kappa shape index (κ2) is 8.72. The Hall–Kier alpha value is -2.53. The topological polar surface area (TPSA) is 73.9 Å². The van der Waals surface area contributed by atoms with E-state index in [9.17, 15) is 5.11 Å². The number of nitrogens with one attached hydrogen (secondary N) is 1. The van der Waals surface area contributed by atoms with Crippen LogP contribution in [-0.4, -0.2) is 30.8 Å². The van der Waals surface area contributed by atoms with Crippen molar-refractivity contribution >= 4 is 17.3 Å². The lowest BCUT2D eigenvalue weighted by molar-refractivity contribution is 0.203. The summed E-state index contributed by atoms with van der Waals surface area (Å²) in [5, 5.41) is 12.4. The Morgan fingerprint density at radius 3 is 2.58 bits per heavy atom. The van der Waals surface area contributed by atoms with Gasteiger partial charge in [0.25, 0.3) is 0 Å². The number of hydrogen-bond acceptors (Lipinski definition) is 3. The third kappa shape index (κ3) is 4.99. The van der Waals surface area contributed by atoms with Gasteiger partial charge in [0.15, 0.2) is 5.96 Å². The number of benzene rings is 2. The van der Waals surface area contributed by atoms with Gasteiger partial charge in [-0.15, -0.1) is 0 Å². The first-order chi connectivity index (χ1) is 12.6. The highest BCUT2D eigenvalue weighted by Gasteiger charge is 2.18. The molecule has 2 aromatic rings. The average Bonchev–Trinajstić information content (AvgIpc) is 2.67. The van der Waals surface area contributed by atoms with Crippen molar-refractivity contribution < 1.29 is 5.11 Å². The molecule has 138 valence electrons. The Morgan fingerprint density at radius 1 is 1.19 bits per heavy atom. The standard InChI is InChI=1S/C21H28N4O/c1-16-3-2-4-19(13-16)24-21(22)23-14-17-5-7-20(8-6-17)25-11-9-18(15-26)10-12-25/h2-8,13,18,26H,9-12,14-15H2,1H3,(H3,22,23,24). The number of hydrogen-bond donors (Lipinski definition) is 3. The van der Waals surface area contributed by atoms with Crippen molar-refractivity contribution in [1.29, 1.82) is 0 Å². The number of nitrogens with zero attached hydrogens (tertiary/aromatic N) is 2. The Kier molecular flexibility index (Phi) is 6.12. The number of anilines is 2. The molecule has 0 saturated carbocycles. The minimum atomic E-state index is 0.308. The Morgan fingerprint density at radius 2 is 1.92 bits per heavy atom. The van der Waals surface area contributed by atoms with Crippen LogP contribution in [-0.2, 0) is 6.54 Å². The van der Waals surface area contributed by atoms with Crippen LogP contribution in [0.25, 0.3) is 0 Å². The first kappa shape index (κ1) is 18.3. The van der Waals surface area contributed by atoms with Crippen LogP contribution in [0.3, 0.4) is 0 Å². The van der Waals surface area contributed by atoms with E-state index < -0.39 is 0 Å². The molecule has 0 amide bonds. The van der Waals surface area contributed by atoms with Gasteiger partial charge >= 0.3 is 0 Å². The molecule has 0 unspecified atom stereocenters. The van der Waals surface area contributed by atoms with Crippen LogP contribution in [0.5, 0.6) is 0 Å². The van der Waals surface area contributed by atoms with Crippen LogP contribution < -0.4 is 16.0 Å². The molecular weight excluding hydrogens is 324 g/mol. The maximum atomic E-state index is 9.25. The van der Waals surface area contributed by atoms with Gasteiger partial charge in [-0.2, -0.15) is 0 Å². The first-order valence-electron chi connectivity index (χ1n) is 9.22. The third-order valence-electron chi connectivity index (χ3n) is 4.90. The minimum Gasteiger partial charge on any atom is -0.396 e. The minimum absolute atomic E-state index is 0.308. The predicted molar refractivity (Wildman–Crippen MR) is 109 cm³/mol. The molecular formula is C21H28N4O. The second-order valence-corrected chi connectivity index (χ2v) is 6.98. The number of aryl methyl sites for hydroxylation is 1. The van der Waals surface area contributed by atoms with Crippen molar-refractivity contribution in [1.82, 2.24) is 0 Å². The van der Waals surface area contributed by atoms with Gasteiger partial charge in [-0.1, -0.05) is 24.3 Å². The Bertz CT molecular complexity index is 734. The van der Waals surface area contributed by atoms with E-state index in [0.29, 0.717) is 25.0 Å². The number of piperidine rings is 1. The molecule has 0 bridgehead atoms. The molecule has 5 heteroatoms. The van der Waals surface area contributed by atoms with E-state index in [1.54, 1.807) is 0 Å². The average molecular weight is 352 g/mol. The van der Waals surface area contributed by atoms with Gasteiger partial charge in [0.05, 0.1) is 6.54 Å². The van der Waals surface area contributed by atoms with Crippen LogP contribution in [0, 0.1) is 12.8 Å². The maximum Gasteiger partial charge on any atom is 0.193 e. The summed E-state index contributed by atoms with van der Waals surface area (Å²) in [6, 6.07) is 16.6. The maximum absolute atomic E-state index is 9.25. The van der Waals surface area contributed by atoms with E-state index in [4.69, 9.17) is 5.73 Å². The fraction of sp³-hybridized carbons (Fsp3) is 0.381. The van der Waals surface area contributed by atoms with Gasteiger partial charge in [0.2, 0.25) is 0 Å². The van der Waals surface area contributed by atoms with Gasteiger partial charge < -0.3 is 21.1 Å². The molecule has 26 heavy (non-hydrogen) atoms. The molecule has 1 fully saturated rings.